The number of nitrogens with one attached hydrogen (secondary N) is 1. The first-order chi connectivity index (χ1) is 12.6. The fourth-order valence-electron chi connectivity index (χ4n) is 2.46. The smallest absolute Gasteiger partial charge is 0.340 e. The maximum Gasteiger partial charge on any atom is 0.340 e. The van der Waals surface area contributed by atoms with Crippen LogP contribution >= 0.6 is 0 Å². The van der Waals surface area contributed by atoms with Crippen LogP contribution in [0.15, 0.2) is 42.7 Å². The summed E-state index contributed by atoms with van der Waals surface area (Å²) in [6.45, 7) is 5.05. The van der Waals surface area contributed by atoms with Crippen molar-refractivity contribution in [2.45, 2.75) is 26.7 Å². The Morgan fingerprint density at radius 3 is 2.69 bits per heavy atom. The summed E-state index contributed by atoms with van der Waals surface area (Å²) in [6, 6.07) is 8.58. The van der Waals surface area contributed by atoms with Crippen molar-refractivity contribution >= 4 is 23.3 Å². The number of carbonyl (C=O) groups is 2. The van der Waals surface area contributed by atoms with E-state index in [1.165, 1.54) is 6.20 Å². The molecular formula is C20H25N3O3. The number of carbonyl (C=O) groups excluding carboxylic acids is 2. The highest BCUT2D eigenvalue weighted by Crippen LogP contribution is 2.19. The average molecular weight is 355 g/mol. The number of amides is 1. The van der Waals surface area contributed by atoms with Crippen LogP contribution in [0.2, 0.25) is 0 Å². The van der Waals surface area contributed by atoms with Crippen molar-refractivity contribution in [2.75, 3.05) is 30.4 Å². The lowest BCUT2D eigenvalue weighted by Crippen LogP contribution is -2.20. The first-order valence-electron chi connectivity index (χ1n) is 8.80. The number of rotatable bonds is 8. The van der Waals surface area contributed by atoms with Gasteiger partial charge in [0.2, 0.25) is 0 Å². The summed E-state index contributed by atoms with van der Waals surface area (Å²) in [6.07, 6.45) is 5.42. The lowest BCUT2D eigenvalue weighted by Gasteiger charge is -2.19. The van der Waals surface area contributed by atoms with Gasteiger partial charge in [-0.15, -0.1) is 0 Å². The molecule has 26 heavy (non-hydrogen) atoms. The van der Waals surface area contributed by atoms with Gasteiger partial charge in [-0.25, -0.2) is 4.79 Å². The van der Waals surface area contributed by atoms with Gasteiger partial charge in [-0.2, -0.15) is 0 Å². The van der Waals surface area contributed by atoms with Crippen LogP contribution in [0.4, 0.5) is 11.4 Å². The van der Waals surface area contributed by atoms with E-state index in [-0.39, 0.29) is 12.5 Å². The van der Waals surface area contributed by atoms with E-state index in [1.54, 1.807) is 43.5 Å². The molecule has 0 aliphatic carbocycles. The van der Waals surface area contributed by atoms with Crippen LogP contribution in [-0.2, 0) is 4.74 Å². The third-order valence-corrected chi connectivity index (χ3v) is 3.94. The summed E-state index contributed by atoms with van der Waals surface area (Å²) in [4.78, 5) is 30.9. The predicted molar refractivity (Wildman–Crippen MR) is 103 cm³/mol. The van der Waals surface area contributed by atoms with Crippen LogP contribution in [0.1, 0.15) is 47.4 Å². The number of ether oxygens (including phenoxy) is 1. The summed E-state index contributed by atoms with van der Waals surface area (Å²) in [5.41, 5.74) is 2.06. The topological polar surface area (TPSA) is 71.5 Å². The van der Waals surface area contributed by atoms with E-state index < -0.39 is 5.97 Å². The minimum Gasteiger partial charge on any atom is -0.462 e. The van der Waals surface area contributed by atoms with E-state index in [4.69, 9.17) is 4.74 Å². The van der Waals surface area contributed by atoms with Crippen LogP contribution in [0.3, 0.4) is 0 Å². The first-order valence-corrected chi connectivity index (χ1v) is 8.80. The molecule has 1 heterocycles. The van der Waals surface area contributed by atoms with Gasteiger partial charge in [-0.1, -0.05) is 25.5 Å². The molecule has 0 unspecified atom stereocenters. The maximum atomic E-state index is 12.6. The third-order valence-electron chi connectivity index (χ3n) is 3.94. The molecule has 0 aliphatic rings. The second kappa shape index (κ2) is 9.56. The minimum atomic E-state index is -0.463. The quantitative estimate of drug-likeness (QED) is 0.730. The van der Waals surface area contributed by atoms with Gasteiger partial charge in [-0.05, 0) is 31.5 Å². The normalized spacial score (nSPS) is 10.3. The maximum absolute atomic E-state index is 12.6. The Hall–Kier alpha value is -2.89. The molecule has 0 atom stereocenters. The van der Waals surface area contributed by atoms with E-state index in [2.05, 4.69) is 22.1 Å². The lowest BCUT2D eigenvalue weighted by atomic mass is 10.1. The highest BCUT2D eigenvalue weighted by atomic mass is 16.5. The number of esters is 1. The summed E-state index contributed by atoms with van der Waals surface area (Å²) < 4.78 is 5.03. The fraction of sp³-hybridized carbons (Fsp3) is 0.350. The summed E-state index contributed by atoms with van der Waals surface area (Å²) in [5.74, 6) is -0.783. The fourth-order valence-corrected chi connectivity index (χ4v) is 2.46. The Kier molecular flexibility index (Phi) is 7.14. The van der Waals surface area contributed by atoms with Crippen molar-refractivity contribution < 1.29 is 14.3 Å². The zero-order valence-corrected chi connectivity index (χ0v) is 15.5. The molecule has 0 fully saturated rings. The zero-order valence-electron chi connectivity index (χ0n) is 15.5. The third kappa shape index (κ3) is 5.05. The molecule has 1 amide bonds. The highest BCUT2D eigenvalue weighted by Gasteiger charge is 2.15. The Bertz CT molecular complexity index is 761. The molecule has 138 valence electrons. The van der Waals surface area contributed by atoms with Gasteiger partial charge < -0.3 is 15.0 Å². The molecule has 1 aromatic carbocycles. The molecule has 0 saturated heterocycles. The molecule has 6 nitrogen and oxygen atoms in total. The molecular weight excluding hydrogens is 330 g/mol. The molecule has 0 bridgehead atoms. The largest absolute Gasteiger partial charge is 0.462 e. The molecule has 6 heteroatoms. The van der Waals surface area contributed by atoms with Gasteiger partial charge >= 0.3 is 5.97 Å². The number of nitrogens with zero attached hydrogens (tertiary/aromatic N) is 2. The molecule has 0 saturated carbocycles. The van der Waals surface area contributed by atoms with Gasteiger partial charge in [0, 0.05) is 19.8 Å². The van der Waals surface area contributed by atoms with E-state index in [0.29, 0.717) is 16.8 Å². The van der Waals surface area contributed by atoms with Crippen LogP contribution in [0.25, 0.3) is 0 Å². The SMILES string of the molecule is CCCCN(C)c1cncc(C(=O)Nc2ccccc2C(=O)OCC)c1. The monoisotopic (exact) mass is 355 g/mol. The molecule has 0 spiro atoms. The van der Waals surface area contributed by atoms with Gasteiger partial charge in [0.15, 0.2) is 0 Å². The summed E-state index contributed by atoms with van der Waals surface area (Å²) in [5, 5.41) is 2.78. The molecule has 1 aromatic heterocycles. The lowest BCUT2D eigenvalue weighted by molar-refractivity contribution is 0.0527. The standard InChI is InChI=1S/C20H25N3O3/c1-4-6-11-23(3)16-12-15(13-21-14-16)19(24)22-18-10-8-7-9-17(18)20(25)26-5-2/h7-10,12-14H,4-6,11H2,1-3H3,(H,22,24). The van der Waals surface area contributed by atoms with Crippen LogP contribution < -0.4 is 10.2 Å². The number of hydrogen-bond acceptors (Lipinski definition) is 5. The van der Waals surface area contributed by atoms with Crippen LogP contribution in [-0.4, -0.2) is 37.1 Å². The van der Waals surface area contributed by atoms with Crippen molar-refractivity contribution in [2.24, 2.45) is 0 Å². The van der Waals surface area contributed by atoms with Gasteiger partial charge in [0.25, 0.3) is 5.91 Å². The second-order valence-corrected chi connectivity index (χ2v) is 5.93. The number of aromatic nitrogens is 1. The summed E-state index contributed by atoms with van der Waals surface area (Å²) in [7, 11) is 1.98. The molecule has 2 rings (SSSR count). The number of para-hydroxylation sites is 1. The highest BCUT2D eigenvalue weighted by molar-refractivity contribution is 6.08. The van der Waals surface area contributed by atoms with Crippen molar-refractivity contribution in [3.63, 3.8) is 0 Å². The Morgan fingerprint density at radius 2 is 1.96 bits per heavy atom. The molecule has 0 radical (unpaired) electrons. The zero-order chi connectivity index (χ0) is 18.9. The van der Waals surface area contributed by atoms with Crippen molar-refractivity contribution in [1.82, 2.24) is 4.98 Å². The predicted octanol–water partition coefficient (Wildman–Crippen LogP) is 3.75. The number of hydrogen-bond donors (Lipinski definition) is 1. The number of benzene rings is 1. The molecule has 2 aromatic rings. The van der Waals surface area contributed by atoms with Crippen LogP contribution in [0.5, 0.6) is 0 Å². The van der Waals surface area contributed by atoms with Gasteiger partial charge in [0.05, 0.1) is 35.3 Å². The van der Waals surface area contributed by atoms with E-state index in [0.717, 1.165) is 25.1 Å². The average Bonchev–Trinajstić information content (AvgIpc) is 2.66. The number of pyridine rings is 1. The van der Waals surface area contributed by atoms with Crippen molar-refractivity contribution in [1.29, 1.82) is 0 Å². The van der Waals surface area contributed by atoms with Gasteiger partial charge in [-0.3, -0.25) is 9.78 Å². The first kappa shape index (κ1) is 19.4. The van der Waals surface area contributed by atoms with Crippen molar-refractivity contribution in [3.8, 4) is 0 Å². The second-order valence-electron chi connectivity index (χ2n) is 5.93. The van der Waals surface area contributed by atoms with Crippen molar-refractivity contribution in [3.05, 3.63) is 53.9 Å². The van der Waals surface area contributed by atoms with Gasteiger partial charge in [0.1, 0.15) is 0 Å². The summed E-state index contributed by atoms with van der Waals surface area (Å²) >= 11 is 0. The Labute approximate surface area is 154 Å². The Morgan fingerprint density at radius 1 is 1.19 bits per heavy atom. The number of unbranched alkanes of at least 4 members (excludes halogenated alkanes) is 1. The van der Waals surface area contributed by atoms with Crippen LogP contribution in [0, 0.1) is 0 Å². The number of anilines is 2. The van der Waals surface area contributed by atoms with E-state index in [9.17, 15) is 9.59 Å². The Balaban J connectivity index is 2.17. The van der Waals surface area contributed by atoms with E-state index >= 15 is 0 Å². The molecule has 1 N–H and O–H groups in total. The molecule has 0 aliphatic heterocycles. The van der Waals surface area contributed by atoms with E-state index in [1.807, 2.05) is 7.05 Å². The minimum absolute atomic E-state index is 0.275.